The highest BCUT2D eigenvalue weighted by Gasteiger charge is 2.41. The molecule has 0 spiro atoms. The third-order valence-corrected chi connectivity index (χ3v) is 7.71. The molecular weight excluding hydrogens is 662 g/mol. The maximum atomic E-state index is 13.9. The molecule has 3 aromatic heterocycles. The number of imidazole rings is 1. The Balaban J connectivity index is 1.61. The fraction of sp³-hybridized carbons (Fsp3) is 0.214. The summed E-state index contributed by atoms with van der Waals surface area (Å²) in [7, 11) is 0. The molecule has 0 aliphatic carbocycles. The number of carbonyl (C=O) groups is 2. The minimum Gasteiger partial charge on any atom is -0.457 e. The Morgan fingerprint density at radius 1 is 1.09 bits per heavy atom. The first-order valence-electron chi connectivity index (χ1n) is 13.1. The fourth-order valence-electron chi connectivity index (χ4n) is 4.61. The van der Waals surface area contributed by atoms with Crippen LogP contribution in [0.25, 0.3) is 33.8 Å². The maximum absolute atomic E-state index is 13.9. The summed E-state index contributed by atoms with van der Waals surface area (Å²) >= 11 is 18.7. The second-order valence-corrected chi connectivity index (χ2v) is 10.8. The molecule has 3 N–H and O–H groups in total. The van der Waals surface area contributed by atoms with E-state index in [0.717, 1.165) is 0 Å². The lowest BCUT2D eigenvalue weighted by atomic mass is 10.0. The second kappa shape index (κ2) is 12.9. The Labute approximate surface area is 267 Å². The van der Waals surface area contributed by atoms with E-state index in [0.29, 0.717) is 16.1 Å². The molecule has 17 heteroatoms. The summed E-state index contributed by atoms with van der Waals surface area (Å²) < 4.78 is 49.6. The first-order valence-corrected chi connectivity index (χ1v) is 14.2. The smallest absolute Gasteiger partial charge is 0.457 e. The van der Waals surface area contributed by atoms with Gasteiger partial charge in [0.25, 0.3) is 5.91 Å². The second-order valence-electron chi connectivity index (χ2n) is 9.59. The van der Waals surface area contributed by atoms with Gasteiger partial charge in [-0.3, -0.25) is 9.78 Å². The van der Waals surface area contributed by atoms with Gasteiger partial charge in [0, 0.05) is 23.3 Å². The number of nitrogens with one attached hydrogen (secondary N) is 1. The number of aromatic nitrogens is 5. The Morgan fingerprint density at radius 2 is 1.82 bits per heavy atom. The summed E-state index contributed by atoms with van der Waals surface area (Å²) in [4.78, 5) is 34.5. The highest BCUT2D eigenvalue weighted by Crippen LogP contribution is 2.38. The average molecular weight is 683 g/mol. The van der Waals surface area contributed by atoms with E-state index in [1.54, 1.807) is 54.0 Å². The van der Waals surface area contributed by atoms with E-state index >= 15 is 0 Å². The summed E-state index contributed by atoms with van der Waals surface area (Å²) in [5, 5.41) is 11.0. The number of hydrogen-bond acceptors (Lipinski definition) is 9. The molecular formula is C28H21Cl3F3N7O4. The van der Waals surface area contributed by atoms with Gasteiger partial charge in [0.05, 0.1) is 32.9 Å². The third kappa shape index (κ3) is 6.67. The number of anilines is 1. The van der Waals surface area contributed by atoms with Crippen LogP contribution in [-0.4, -0.2) is 55.5 Å². The number of esters is 1. The number of halogens is 6. The molecule has 11 nitrogen and oxygen atoms in total. The van der Waals surface area contributed by atoms with Crippen molar-refractivity contribution in [3.8, 4) is 22.8 Å². The minimum absolute atomic E-state index is 0.000254. The summed E-state index contributed by atoms with van der Waals surface area (Å²) in [6.07, 6.45) is -3.95. The predicted octanol–water partition coefficient (Wildman–Crippen LogP) is 6.16. The maximum Gasteiger partial charge on any atom is 0.490 e. The molecule has 0 bridgehead atoms. The number of carbonyl (C=O) groups excluding carboxylic acids is 2. The summed E-state index contributed by atoms with van der Waals surface area (Å²) in [5.41, 5.74) is 7.83. The van der Waals surface area contributed by atoms with Crippen LogP contribution >= 0.6 is 34.8 Å². The number of hydrogen-bond donors (Lipinski definition) is 2. The number of nitrogens with two attached hydrogens (primary N) is 1. The van der Waals surface area contributed by atoms with Crippen molar-refractivity contribution in [1.82, 2.24) is 30.2 Å². The van der Waals surface area contributed by atoms with Crippen LogP contribution in [0.1, 0.15) is 22.8 Å². The monoisotopic (exact) mass is 681 g/mol. The zero-order valence-electron chi connectivity index (χ0n) is 23.0. The summed E-state index contributed by atoms with van der Waals surface area (Å²) in [6, 6.07) is 10.3. The van der Waals surface area contributed by atoms with Crippen molar-refractivity contribution in [2.24, 2.45) is 0 Å². The summed E-state index contributed by atoms with van der Waals surface area (Å²) in [6.45, 7) is 1.25. The van der Waals surface area contributed by atoms with Crippen LogP contribution < -0.4 is 11.1 Å². The van der Waals surface area contributed by atoms with Crippen LogP contribution in [0.3, 0.4) is 0 Å². The van der Waals surface area contributed by atoms with Gasteiger partial charge >= 0.3 is 12.1 Å². The van der Waals surface area contributed by atoms with Gasteiger partial charge in [-0.05, 0) is 47.4 Å². The van der Waals surface area contributed by atoms with Gasteiger partial charge < -0.3 is 20.4 Å². The molecule has 45 heavy (non-hydrogen) atoms. The molecule has 1 atom stereocenters. The third-order valence-electron chi connectivity index (χ3n) is 6.64. The van der Waals surface area contributed by atoms with E-state index in [1.165, 1.54) is 6.20 Å². The first-order chi connectivity index (χ1) is 21.4. The lowest BCUT2D eigenvalue weighted by Crippen LogP contribution is -2.41. The van der Waals surface area contributed by atoms with Gasteiger partial charge in [-0.15, -0.1) is 0 Å². The first kappa shape index (κ1) is 32.0. The number of nitrogen functional groups attached to an aromatic ring is 1. The number of rotatable bonds is 9. The Morgan fingerprint density at radius 3 is 2.47 bits per heavy atom. The van der Waals surface area contributed by atoms with Crippen molar-refractivity contribution in [1.29, 1.82) is 0 Å². The number of alkyl halides is 3. The van der Waals surface area contributed by atoms with Crippen LogP contribution in [-0.2, 0) is 22.5 Å². The predicted molar refractivity (Wildman–Crippen MR) is 160 cm³/mol. The van der Waals surface area contributed by atoms with Gasteiger partial charge in [-0.1, -0.05) is 59.1 Å². The molecule has 234 valence electrons. The van der Waals surface area contributed by atoms with E-state index < -0.39 is 30.7 Å². The molecule has 2 aromatic carbocycles. The molecule has 0 aliphatic heterocycles. The zero-order chi connectivity index (χ0) is 32.5. The van der Waals surface area contributed by atoms with Crippen molar-refractivity contribution >= 4 is 63.5 Å². The van der Waals surface area contributed by atoms with Crippen LogP contribution in [0.15, 0.2) is 53.3 Å². The topological polar surface area (TPSA) is 151 Å². The number of amides is 1. The molecule has 5 rings (SSSR count). The van der Waals surface area contributed by atoms with Gasteiger partial charge in [0.1, 0.15) is 12.1 Å². The zero-order valence-corrected chi connectivity index (χ0v) is 25.3. The quantitative estimate of drug-likeness (QED) is 0.174. The van der Waals surface area contributed by atoms with Gasteiger partial charge in [-0.2, -0.15) is 13.2 Å². The molecule has 0 aliphatic rings. The molecule has 0 fully saturated rings. The van der Waals surface area contributed by atoms with Crippen LogP contribution in [0.2, 0.25) is 15.1 Å². The number of ether oxygens (including phenoxy) is 1. The average Bonchev–Trinajstić information content (AvgIpc) is 3.60. The molecule has 0 radical (unpaired) electrons. The van der Waals surface area contributed by atoms with Crippen LogP contribution in [0.5, 0.6) is 0 Å². The van der Waals surface area contributed by atoms with Crippen LogP contribution in [0.4, 0.5) is 19.0 Å². The molecule has 0 saturated carbocycles. The lowest BCUT2D eigenvalue weighted by molar-refractivity contribution is -0.200. The van der Waals surface area contributed by atoms with Crippen molar-refractivity contribution in [2.45, 2.75) is 32.1 Å². The Kier molecular flexibility index (Phi) is 9.18. The van der Waals surface area contributed by atoms with E-state index in [-0.39, 0.29) is 62.6 Å². The molecule has 5 aromatic rings. The van der Waals surface area contributed by atoms with E-state index in [1.807, 2.05) is 0 Å². The van der Waals surface area contributed by atoms with Gasteiger partial charge in [-0.25, -0.2) is 14.4 Å². The number of aryl methyl sites for hydroxylation is 1. The SMILES string of the molecule is CCn1c(-c2nonc2N)nc2c(-c3cccc(Cl)c3Cl)ncc(C(=O)NC(COC(=O)C(F)(F)F)Cc3ccc(Cl)cc3)c21. The number of fused-ring (bicyclic) bond motifs is 1. The van der Waals surface area contributed by atoms with E-state index in [4.69, 9.17) is 45.2 Å². The lowest BCUT2D eigenvalue weighted by Gasteiger charge is -2.20. The largest absolute Gasteiger partial charge is 0.490 e. The fourth-order valence-corrected chi connectivity index (χ4v) is 5.13. The molecule has 1 unspecified atom stereocenters. The highest BCUT2D eigenvalue weighted by atomic mass is 35.5. The van der Waals surface area contributed by atoms with Gasteiger partial charge in [0.2, 0.25) is 0 Å². The van der Waals surface area contributed by atoms with Crippen molar-refractivity contribution in [2.75, 3.05) is 12.3 Å². The molecule has 1 amide bonds. The van der Waals surface area contributed by atoms with Crippen molar-refractivity contribution < 1.29 is 32.1 Å². The van der Waals surface area contributed by atoms with Crippen molar-refractivity contribution in [3.05, 3.63) is 74.9 Å². The normalized spacial score (nSPS) is 12.3. The minimum atomic E-state index is -5.22. The number of benzene rings is 2. The van der Waals surface area contributed by atoms with Crippen LogP contribution in [0, 0.1) is 0 Å². The molecule has 3 heterocycles. The highest BCUT2D eigenvalue weighted by molar-refractivity contribution is 6.43. The standard InChI is InChI=1S/C28H21Cl3F3N7O4/c1-2-41-23-17(26(42)37-15(12-44-27(43)28(32,33)34)10-13-6-8-14(29)9-7-13)11-36-20(16-4-3-5-18(30)19(16)31)21(23)38-25(41)22-24(35)40-45-39-22/h3-9,11,15H,2,10,12H2,1H3,(H2,35,40)(H,37,42). The molecule has 0 saturated heterocycles. The number of pyridine rings is 1. The Hall–Kier alpha value is -4.40. The van der Waals surface area contributed by atoms with Gasteiger partial charge in [0.15, 0.2) is 17.3 Å². The van der Waals surface area contributed by atoms with E-state index in [9.17, 15) is 22.8 Å². The summed E-state index contributed by atoms with van der Waals surface area (Å²) in [5.74, 6) is -3.00. The van der Waals surface area contributed by atoms with E-state index in [2.05, 4.69) is 30.3 Å². The Bertz CT molecular complexity index is 1900. The van der Waals surface area contributed by atoms with Crippen molar-refractivity contribution in [3.63, 3.8) is 0 Å². The number of nitrogens with zero attached hydrogens (tertiary/aromatic N) is 5.